The van der Waals surface area contributed by atoms with E-state index in [9.17, 15) is 0 Å². The molecule has 0 saturated heterocycles. The third-order valence-electron chi connectivity index (χ3n) is 1.87. The summed E-state index contributed by atoms with van der Waals surface area (Å²) in [7, 11) is 0. The monoisotopic (exact) mass is 213 g/mol. The molecule has 0 aliphatic carbocycles. The fourth-order valence-corrected chi connectivity index (χ4v) is 1.12. The summed E-state index contributed by atoms with van der Waals surface area (Å²) in [5.74, 6) is 0.806. The maximum absolute atomic E-state index is 5.45. The summed E-state index contributed by atoms with van der Waals surface area (Å²) in [6.45, 7) is 6.17. The van der Waals surface area contributed by atoms with Crippen LogP contribution in [0.3, 0.4) is 0 Å². The van der Waals surface area contributed by atoms with E-state index in [4.69, 9.17) is 19.6 Å². The van der Waals surface area contributed by atoms with Crippen molar-refractivity contribution in [1.82, 2.24) is 0 Å². The van der Waals surface area contributed by atoms with E-state index in [0.29, 0.717) is 26.4 Å². The van der Waals surface area contributed by atoms with Crippen molar-refractivity contribution in [2.75, 3.05) is 13.2 Å². The molecular weight excluding hydrogens is 194 g/mol. The zero-order chi connectivity index (χ0) is 11.1. The van der Waals surface area contributed by atoms with E-state index >= 15 is 0 Å². The van der Waals surface area contributed by atoms with Crippen LogP contribution in [-0.4, -0.2) is 19.3 Å². The van der Waals surface area contributed by atoms with Gasteiger partial charge in [-0.15, -0.1) is 0 Å². The van der Waals surface area contributed by atoms with Crippen LogP contribution in [0.2, 0.25) is 0 Å². The number of rotatable bonds is 7. The van der Waals surface area contributed by atoms with Gasteiger partial charge >= 0.3 is 0 Å². The van der Waals surface area contributed by atoms with Gasteiger partial charge in [0.15, 0.2) is 0 Å². The quantitative estimate of drug-likeness (QED) is 0.700. The van der Waals surface area contributed by atoms with E-state index in [1.165, 1.54) is 0 Å². The maximum Gasteiger partial charge on any atom is 0.129 e. The Bertz CT molecular complexity index is 271. The lowest BCUT2D eigenvalue weighted by Gasteiger charge is -2.06. The number of hydrogen-bond acceptors (Lipinski definition) is 4. The van der Waals surface area contributed by atoms with Gasteiger partial charge in [0, 0.05) is 12.1 Å². The molecule has 0 unspecified atom stereocenters. The molecule has 0 amide bonds. The van der Waals surface area contributed by atoms with Crippen molar-refractivity contribution >= 4 is 0 Å². The molecule has 0 aliphatic rings. The molecule has 4 heteroatoms. The number of nitrogens with two attached hydrogens (primary N) is 1. The summed E-state index contributed by atoms with van der Waals surface area (Å²) in [4.78, 5) is 0. The van der Waals surface area contributed by atoms with Crippen LogP contribution < -0.4 is 5.73 Å². The van der Waals surface area contributed by atoms with Gasteiger partial charge in [-0.3, -0.25) is 0 Å². The Hall–Kier alpha value is -0.840. The van der Waals surface area contributed by atoms with E-state index in [-0.39, 0.29) is 6.10 Å². The zero-order valence-corrected chi connectivity index (χ0v) is 9.36. The second-order valence-corrected chi connectivity index (χ2v) is 3.60. The minimum atomic E-state index is 0.251. The first kappa shape index (κ1) is 12.2. The van der Waals surface area contributed by atoms with Crippen LogP contribution in [0.4, 0.5) is 0 Å². The molecule has 4 nitrogen and oxygen atoms in total. The molecule has 0 radical (unpaired) electrons. The molecule has 1 rings (SSSR count). The fraction of sp³-hybridized carbons (Fsp3) is 0.636. The first-order chi connectivity index (χ1) is 7.22. The van der Waals surface area contributed by atoms with Gasteiger partial charge in [0.1, 0.15) is 12.4 Å². The molecule has 0 aromatic carbocycles. The van der Waals surface area contributed by atoms with E-state index in [1.807, 2.05) is 19.9 Å². The summed E-state index contributed by atoms with van der Waals surface area (Å²) in [5.41, 5.74) is 6.44. The van der Waals surface area contributed by atoms with E-state index in [2.05, 4.69) is 0 Å². The average Bonchev–Trinajstić information content (AvgIpc) is 2.65. The van der Waals surface area contributed by atoms with Crippen molar-refractivity contribution in [1.29, 1.82) is 0 Å². The summed E-state index contributed by atoms with van der Waals surface area (Å²) in [6, 6.07) is 1.91. The van der Waals surface area contributed by atoms with E-state index in [0.717, 1.165) is 11.3 Å². The molecule has 0 spiro atoms. The van der Waals surface area contributed by atoms with Crippen molar-refractivity contribution in [3.05, 3.63) is 23.7 Å². The Balaban J connectivity index is 2.09. The van der Waals surface area contributed by atoms with Crippen molar-refractivity contribution in [3.63, 3.8) is 0 Å². The minimum absolute atomic E-state index is 0.251. The highest BCUT2D eigenvalue weighted by molar-refractivity contribution is 5.11. The van der Waals surface area contributed by atoms with Crippen molar-refractivity contribution in [2.24, 2.45) is 5.73 Å². The fourth-order valence-electron chi connectivity index (χ4n) is 1.12. The van der Waals surface area contributed by atoms with Crippen molar-refractivity contribution in [2.45, 2.75) is 33.1 Å². The predicted octanol–water partition coefficient (Wildman–Crippen LogP) is 1.68. The predicted molar refractivity (Wildman–Crippen MR) is 57.3 cm³/mol. The standard InChI is InChI=1S/C11H19NO3/c1-9(2)14-4-3-13-8-11-5-10(6-12)7-15-11/h5,7,9H,3-4,6,8,12H2,1-2H3. The normalized spacial score (nSPS) is 11.2. The molecule has 0 aliphatic heterocycles. The number of hydrogen-bond donors (Lipinski definition) is 1. The van der Waals surface area contributed by atoms with Crippen LogP contribution in [-0.2, 0) is 22.6 Å². The highest BCUT2D eigenvalue weighted by Crippen LogP contribution is 2.07. The summed E-state index contributed by atoms with van der Waals surface area (Å²) in [5, 5.41) is 0. The van der Waals surface area contributed by atoms with Crippen LogP contribution in [0.1, 0.15) is 25.2 Å². The summed E-state index contributed by atoms with van der Waals surface area (Å²) < 4.78 is 15.9. The van der Waals surface area contributed by atoms with Crippen LogP contribution in [0.5, 0.6) is 0 Å². The third kappa shape index (κ3) is 4.97. The number of ether oxygens (including phenoxy) is 2. The average molecular weight is 213 g/mol. The van der Waals surface area contributed by atoms with Gasteiger partial charge in [-0.2, -0.15) is 0 Å². The number of furan rings is 1. The summed E-state index contributed by atoms with van der Waals surface area (Å²) >= 11 is 0. The summed E-state index contributed by atoms with van der Waals surface area (Å²) in [6.07, 6.45) is 1.91. The molecule has 1 aromatic rings. The largest absolute Gasteiger partial charge is 0.467 e. The smallest absolute Gasteiger partial charge is 0.129 e. The van der Waals surface area contributed by atoms with Gasteiger partial charge < -0.3 is 19.6 Å². The van der Waals surface area contributed by atoms with Gasteiger partial charge in [-0.1, -0.05) is 0 Å². The molecule has 0 bridgehead atoms. The minimum Gasteiger partial charge on any atom is -0.467 e. The lowest BCUT2D eigenvalue weighted by molar-refractivity contribution is 0.0104. The van der Waals surface area contributed by atoms with Gasteiger partial charge in [0.25, 0.3) is 0 Å². The third-order valence-corrected chi connectivity index (χ3v) is 1.87. The first-order valence-electron chi connectivity index (χ1n) is 5.18. The lowest BCUT2D eigenvalue weighted by atomic mass is 10.3. The molecule has 15 heavy (non-hydrogen) atoms. The van der Waals surface area contributed by atoms with Crippen LogP contribution >= 0.6 is 0 Å². The second kappa shape index (κ2) is 6.61. The van der Waals surface area contributed by atoms with Gasteiger partial charge in [-0.05, 0) is 19.9 Å². The van der Waals surface area contributed by atoms with Gasteiger partial charge in [0.05, 0.1) is 25.6 Å². The van der Waals surface area contributed by atoms with E-state index in [1.54, 1.807) is 6.26 Å². The first-order valence-corrected chi connectivity index (χ1v) is 5.18. The Labute approximate surface area is 90.3 Å². The van der Waals surface area contributed by atoms with E-state index < -0.39 is 0 Å². The molecular formula is C11H19NO3. The topological polar surface area (TPSA) is 57.6 Å². The molecule has 0 fully saturated rings. The maximum atomic E-state index is 5.45. The highest BCUT2D eigenvalue weighted by Gasteiger charge is 2.00. The Kier molecular flexibility index (Phi) is 5.39. The molecule has 0 atom stereocenters. The van der Waals surface area contributed by atoms with Crippen LogP contribution in [0.25, 0.3) is 0 Å². The lowest BCUT2D eigenvalue weighted by Crippen LogP contribution is -2.09. The van der Waals surface area contributed by atoms with Crippen LogP contribution in [0, 0.1) is 0 Å². The Morgan fingerprint density at radius 3 is 2.80 bits per heavy atom. The molecule has 0 saturated carbocycles. The van der Waals surface area contributed by atoms with Gasteiger partial charge in [0.2, 0.25) is 0 Å². The van der Waals surface area contributed by atoms with Gasteiger partial charge in [-0.25, -0.2) is 0 Å². The molecule has 86 valence electrons. The van der Waals surface area contributed by atoms with Crippen LogP contribution in [0.15, 0.2) is 16.7 Å². The molecule has 2 N–H and O–H groups in total. The molecule has 1 heterocycles. The van der Waals surface area contributed by atoms with Crippen molar-refractivity contribution in [3.8, 4) is 0 Å². The molecule has 1 aromatic heterocycles. The SMILES string of the molecule is CC(C)OCCOCc1cc(CN)co1. The second-order valence-electron chi connectivity index (χ2n) is 3.60. The van der Waals surface area contributed by atoms with Crippen molar-refractivity contribution < 1.29 is 13.9 Å². The Morgan fingerprint density at radius 2 is 2.20 bits per heavy atom. The Morgan fingerprint density at radius 1 is 1.40 bits per heavy atom. The zero-order valence-electron chi connectivity index (χ0n) is 9.36. The highest BCUT2D eigenvalue weighted by atomic mass is 16.5.